The van der Waals surface area contributed by atoms with Gasteiger partial charge in [0, 0.05) is 36.5 Å². The maximum Gasteiger partial charge on any atom is 0.246 e. The van der Waals surface area contributed by atoms with Crippen LogP contribution in [0.25, 0.3) is 5.69 Å². The van der Waals surface area contributed by atoms with E-state index in [-0.39, 0.29) is 0 Å². The summed E-state index contributed by atoms with van der Waals surface area (Å²) in [5.41, 5.74) is 4.60. The van der Waals surface area contributed by atoms with Crippen molar-refractivity contribution in [3.05, 3.63) is 60.4 Å². The van der Waals surface area contributed by atoms with Gasteiger partial charge in [-0.15, -0.1) is 5.10 Å². The Morgan fingerprint density at radius 3 is 2.72 bits per heavy atom. The maximum atomic E-state index is 4.61. The lowest BCUT2D eigenvalue weighted by Gasteiger charge is -2.45. The topological polar surface area (TPSA) is 49.2 Å². The first-order chi connectivity index (χ1) is 15.5. The SMILES string of the molecule is Cc1cc(Nc2ncn(-c3ccccc3)n2)cc(N2CC(CC(C)C)N3CCC[C@@H]3C2)c1. The zero-order valence-corrected chi connectivity index (χ0v) is 19.4. The number of nitrogens with one attached hydrogen (secondary N) is 1. The van der Waals surface area contributed by atoms with Gasteiger partial charge in [0.2, 0.25) is 5.95 Å². The van der Waals surface area contributed by atoms with Gasteiger partial charge in [0.25, 0.3) is 0 Å². The molecule has 6 heteroatoms. The van der Waals surface area contributed by atoms with Crippen LogP contribution in [0.5, 0.6) is 0 Å². The molecular weight excluding hydrogens is 396 g/mol. The number of hydrogen-bond donors (Lipinski definition) is 1. The lowest BCUT2D eigenvalue weighted by molar-refractivity contribution is 0.136. The highest BCUT2D eigenvalue weighted by atomic mass is 15.4. The second-order valence-electron chi connectivity index (χ2n) is 9.75. The third kappa shape index (κ3) is 4.51. The Morgan fingerprint density at radius 2 is 1.91 bits per heavy atom. The Bertz CT molecular complexity index is 1040. The molecule has 0 amide bonds. The highest BCUT2D eigenvalue weighted by Gasteiger charge is 2.37. The van der Waals surface area contributed by atoms with Crippen molar-refractivity contribution in [3.63, 3.8) is 0 Å². The highest BCUT2D eigenvalue weighted by molar-refractivity contribution is 5.64. The van der Waals surface area contributed by atoms with Gasteiger partial charge in [-0.2, -0.15) is 4.98 Å². The van der Waals surface area contributed by atoms with Crippen molar-refractivity contribution in [3.8, 4) is 5.69 Å². The fourth-order valence-corrected chi connectivity index (χ4v) is 5.36. The van der Waals surface area contributed by atoms with Gasteiger partial charge in [0.05, 0.1) is 5.69 Å². The summed E-state index contributed by atoms with van der Waals surface area (Å²) in [6, 6.07) is 18.2. The van der Waals surface area contributed by atoms with E-state index in [4.69, 9.17) is 0 Å². The number of benzene rings is 2. The minimum Gasteiger partial charge on any atom is -0.368 e. The van der Waals surface area contributed by atoms with E-state index < -0.39 is 0 Å². The number of para-hydroxylation sites is 1. The van der Waals surface area contributed by atoms with E-state index in [0.29, 0.717) is 18.0 Å². The first kappa shape index (κ1) is 21.0. The first-order valence-corrected chi connectivity index (χ1v) is 11.9. The molecular formula is C26H34N6. The van der Waals surface area contributed by atoms with E-state index in [1.54, 1.807) is 11.0 Å². The molecule has 2 aliphatic heterocycles. The quantitative estimate of drug-likeness (QED) is 0.595. The Hall–Kier alpha value is -2.86. The Morgan fingerprint density at radius 1 is 1.06 bits per heavy atom. The molecule has 1 unspecified atom stereocenters. The van der Waals surface area contributed by atoms with E-state index in [1.807, 2.05) is 30.3 Å². The van der Waals surface area contributed by atoms with E-state index >= 15 is 0 Å². The van der Waals surface area contributed by atoms with Crippen LogP contribution in [0.2, 0.25) is 0 Å². The molecule has 2 aliphatic rings. The van der Waals surface area contributed by atoms with Crippen LogP contribution >= 0.6 is 0 Å². The lowest BCUT2D eigenvalue weighted by atomic mass is 9.97. The molecule has 1 N–H and O–H groups in total. The van der Waals surface area contributed by atoms with Crippen LogP contribution in [-0.4, -0.2) is 51.4 Å². The Labute approximate surface area is 191 Å². The third-order valence-electron chi connectivity index (χ3n) is 6.69. The molecule has 2 atom stereocenters. The molecule has 2 fully saturated rings. The van der Waals surface area contributed by atoms with Gasteiger partial charge in [0.1, 0.15) is 6.33 Å². The zero-order valence-electron chi connectivity index (χ0n) is 19.4. The molecule has 2 saturated heterocycles. The summed E-state index contributed by atoms with van der Waals surface area (Å²) in [4.78, 5) is 9.86. The molecule has 0 saturated carbocycles. The van der Waals surface area contributed by atoms with E-state index in [1.165, 1.54) is 37.1 Å². The summed E-state index contributed by atoms with van der Waals surface area (Å²) in [5, 5.41) is 8.03. The van der Waals surface area contributed by atoms with Crippen LogP contribution in [-0.2, 0) is 0 Å². The predicted molar refractivity (Wildman–Crippen MR) is 131 cm³/mol. The van der Waals surface area contributed by atoms with Gasteiger partial charge in [-0.3, -0.25) is 4.90 Å². The molecule has 32 heavy (non-hydrogen) atoms. The van der Waals surface area contributed by atoms with Gasteiger partial charge >= 0.3 is 0 Å². The third-order valence-corrected chi connectivity index (χ3v) is 6.69. The zero-order chi connectivity index (χ0) is 22.1. The first-order valence-electron chi connectivity index (χ1n) is 11.9. The summed E-state index contributed by atoms with van der Waals surface area (Å²) in [7, 11) is 0. The van der Waals surface area contributed by atoms with E-state index in [2.05, 4.69) is 64.2 Å². The summed E-state index contributed by atoms with van der Waals surface area (Å²) < 4.78 is 1.80. The molecule has 168 valence electrons. The molecule has 3 heterocycles. The number of rotatable bonds is 6. The molecule has 0 spiro atoms. The van der Waals surface area contributed by atoms with Crippen LogP contribution < -0.4 is 10.2 Å². The van der Waals surface area contributed by atoms with Crippen molar-refractivity contribution in [2.75, 3.05) is 29.9 Å². The van der Waals surface area contributed by atoms with Gasteiger partial charge < -0.3 is 10.2 Å². The average Bonchev–Trinajstić information content (AvgIpc) is 3.43. The summed E-state index contributed by atoms with van der Waals surface area (Å²) in [5.74, 6) is 1.34. The van der Waals surface area contributed by atoms with Gasteiger partial charge in [0.15, 0.2) is 0 Å². The van der Waals surface area contributed by atoms with Crippen LogP contribution in [0.1, 0.15) is 38.7 Å². The minimum absolute atomic E-state index is 0.615. The van der Waals surface area contributed by atoms with Crippen LogP contribution in [0.4, 0.5) is 17.3 Å². The number of aryl methyl sites for hydroxylation is 1. The number of fused-ring (bicyclic) bond motifs is 1. The maximum absolute atomic E-state index is 4.61. The molecule has 0 bridgehead atoms. The number of piperazine rings is 1. The fraction of sp³-hybridized carbons (Fsp3) is 0.462. The second-order valence-corrected chi connectivity index (χ2v) is 9.75. The van der Waals surface area contributed by atoms with Crippen molar-refractivity contribution >= 4 is 17.3 Å². The van der Waals surface area contributed by atoms with E-state index in [0.717, 1.165) is 30.4 Å². The fourth-order valence-electron chi connectivity index (χ4n) is 5.36. The number of anilines is 3. The number of hydrogen-bond acceptors (Lipinski definition) is 5. The lowest BCUT2D eigenvalue weighted by Crippen LogP contribution is -2.56. The molecule has 6 nitrogen and oxygen atoms in total. The molecule has 1 aromatic heterocycles. The van der Waals surface area contributed by atoms with Crippen LogP contribution in [0, 0.1) is 12.8 Å². The molecule has 2 aromatic carbocycles. The molecule has 5 rings (SSSR count). The minimum atomic E-state index is 0.615. The van der Waals surface area contributed by atoms with Gasteiger partial charge in [-0.25, -0.2) is 4.68 Å². The Balaban J connectivity index is 1.35. The van der Waals surface area contributed by atoms with Gasteiger partial charge in [-0.05, 0) is 74.5 Å². The molecule has 3 aromatic rings. The molecule has 0 aliphatic carbocycles. The Kier molecular flexibility index (Phi) is 5.87. The number of aromatic nitrogens is 3. The second kappa shape index (κ2) is 8.94. The number of nitrogens with zero attached hydrogens (tertiary/aromatic N) is 5. The summed E-state index contributed by atoms with van der Waals surface area (Å²) >= 11 is 0. The smallest absolute Gasteiger partial charge is 0.246 e. The van der Waals surface area contributed by atoms with E-state index in [9.17, 15) is 0 Å². The van der Waals surface area contributed by atoms with Gasteiger partial charge in [-0.1, -0.05) is 32.0 Å². The molecule has 0 radical (unpaired) electrons. The van der Waals surface area contributed by atoms with Crippen LogP contribution in [0.3, 0.4) is 0 Å². The van der Waals surface area contributed by atoms with Crippen molar-refractivity contribution in [1.29, 1.82) is 0 Å². The van der Waals surface area contributed by atoms with Crippen molar-refractivity contribution in [2.24, 2.45) is 5.92 Å². The predicted octanol–water partition coefficient (Wildman–Crippen LogP) is 5.02. The summed E-state index contributed by atoms with van der Waals surface area (Å²) in [6.07, 6.45) is 5.68. The standard InChI is InChI=1S/C26H34N6/c1-19(2)12-25-17-30(16-23-10-7-11-31(23)25)24-14-20(3)13-21(15-24)28-26-27-18-32(29-26)22-8-5-4-6-9-22/h4-6,8-9,13-15,18-19,23,25H,7,10-12,16-17H2,1-3H3,(H,28,29)/t23-,25?/m1/s1. The van der Waals surface area contributed by atoms with Crippen molar-refractivity contribution in [1.82, 2.24) is 19.7 Å². The average molecular weight is 431 g/mol. The van der Waals surface area contributed by atoms with Crippen LogP contribution in [0.15, 0.2) is 54.9 Å². The van der Waals surface area contributed by atoms with Crippen molar-refractivity contribution < 1.29 is 0 Å². The highest BCUT2D eigenvalue weighted by Crippen LogP contribution is 2.33. The normalized spacial score (nSPS) is 21.2. The van der Waals surface area contributed by atoms with Crippen molar-refractivity contribution in [2.45, 2.75) is 52.1 Å². The monoisotopic (exact) mass is 430 g/mol. The summed E-state index contributed by atoms with van der Waals surface area (Å²) in [6.45, 7) is 10.4. The largest absolute Gasteiger partial charge is 0.368 e.